The Morgan fingerprint density at radius 2 is 2.29 bits per heavy atom. The standard InChI is InChI=1S/C11H15N5O/c1-8-13-10(15-12)6-11(14-8)16(2)7-9-4-3-5-17-9/h3-6H,7,12H2,1-2H3,(H,13,14,15). The zero-order chi connectivity index (χ0) is 12.3. The Morgan fingerprint density at radius 1 is 1.47 bits per heavy atom. The molecule has 0 aliphatic heterocycles. The molecule has 17 heavy (non-hydrogen) atoms. The van der Waals surface area contributed by atoms with Crippen molar-refractivity contribution in [2.45, 2.75) is 13.5 Å². The van der Waals surface area contributed by atoms with Crippen molar-refractivity contribution in [3.8, 4) is 0 Å². The fraction of sp³-hybridized carbons (Fsp3) is 0.273. The van der Waals surface area contributed by atoms with Crippen LogP contribution in [0.2, 0.25) is 0 Å². The second kappa shape index (κ2) is 4.84. The highest BCUT2D eigenvalue weighted by molar-refractivity contribution is 5.48. The lowest BCUT2D eigenvalue weighted by Gasteiger charge is -2.17. The second-order valence-electron chi connectivity index (χ2n) is 3.74. The number of nitrogens with zero attached hydrogens (tertiary/aromatic N) is 3. The maximum Gasteiger partial charge on any atom is 0.145 e. The lowest BCUT2D eigenvalue weighted by molar-refractivity contribution is 0.507. The molecule has 0 atom stereocenters. The molecule has 0 aliphatic carbocycles. The summed E-state index contributed by atoms with van der Waals surface area (Å²) in [5.41, 5.74) is 2.52. The molecular weight excluding hydrogens is 218 g/mol. The summed E-state index contributed by atoms with van der Waals surface area (Å²) < 4.78 is 5.29. The molecule has 2 rings (SSSR count). The average Bonchev–Trinajstić information content (AvgIpc) is 2.81. The van der Waals surface area contributed by atoms with Gasteiger partial charge in [-0.3, -0.25) is 0 Å². The number of nitrogens with one attached hydrogen (secondary N) is 1. The molecule has 0 aromatic carbocycles. The normalized spacial score (nSPS) is 10.3. The third-order valence-corrected chi connectivity index (χ3v) is 2.34. The Labute approximate surface area is 99.4 Å². The van der Waals surface area contributed by atoms with Crippen molar-refractivity contribution >= 4 is 11.6 Å². The van der Waals surface area contributed by atoms with Gasteiger partial charge in [-0.25, -0.2) is 15.8 Å². The van der Waals surface area contributed by atoms with Gasteiger partial charge >= 0.3 is 0 Å². The van der Waals surface area contributed by atoms with Crippen molar-refractivity contribution in [3.05, 3.63) is 36.0 Å². The number of anilines is 2. The molecule has 6 nitrogen and oxygen atoms in total. The first-order valence-electron chi connectivity index (χ1n) is 5.25. The summed E-state index contributed by atoms with van der Waals surface area (Å²) in [5.74, 6) is 8.28. The van der Waals surface area contributed by atoms with Crippen molar-refractivity contribution < 1.29 is 4.42 Å². The van der Waals surface area contributed by atoms with E-state index in [0.717, 1.165) is 11.6 Å². The van der Waals surface area contributed by atoms with Gasteiger partial charge in [0, 0.05) is 13.1 Å². The van der Waals surface area contributed by atoms with E-state index in [0.29, 0.717) is 18.2 Å². The van der Waals surface area contributed by atoms with Gasteiger partial charge in [0.2, 0.25) is 0 Å². The maximum atomic E-state index is 5.35. The minimum Gasteiger partial charge on any atom is -0.467 e. The topological polar surface area (TPSA) is 80.2 Å². The molecule has 2 aromatic rings. The molecule has 90 valence electrons. The minimum atomic E-state index is 0.596. The Kier molecular flexibility index (Phi) is 3.24. The quantitative estimate of drug-likeness (QED) is 0.612. The van der Waals surface area contributed by atoms with E-state index in [9.17, 15) is 0 Å². The molecule has 2 heterocycles. The lowest BCUT2D eigenvalue weighted by atomic mass is 10.4. The number of furan rings is 1. The van der Waals surface area contributed by atoms with Crippen LogP contribution in [0.25, 0.3) is 0 Å². The van der Waals surface area contributed by atoms with Crippen LogP contribution in [0.4, 0.5) is 11.6 Å². The van der Waals surface area contributed by atoms with Crippen molar-refractivity contribution in [3.63, 3.8) is 0 Å². The van der Waals surface area contributed by atoms with Gasteiger partial charge in [0.15, 0.2) is 0 Å². The van der Waals surface area contributed by atoms with Gasteiger partial charge in [-0.2, -0.15) is 0 Å². The summed E-state index contributed by atoms with van der Waals surface area (Å²) in [6.07, 6.45) is 1.65. The predicted molar refractivity (Wildman–Crippen MR) is 65.4 cm³/mol. The van der Waals surface area contributed by atoms with Gasteiger partial charge < -0.3 is 14.7 Å². The van der Waals surface area contributed by atoms with Crippen LogP contribution in [-0.4, -0.2) is 17.0 Å². The Morgan fingerprint density at radius 3 is 2.94 bits per heavy atom. The summed E-state index contributed by atoms with van der Waals surface area (Å²) in [4.78, 5) is 10.4. The van der Waals surface area contributed by atoms with Gasteiger partial charge in [0.25, 0.3) is 0 Å². The van der Waals surface area contributed by atoms with Crippen LogP contribution in [0, 0.1) is 6.92 Å². The number of hydrogen-bond acceptors (Lipinski definition) is 6. The van der Waals surface area contributed by atoms with E-state index in [1.165, 1.54) is 0 Å². The molecule has 0 unspecified atom stereocenters. The van der Waals surface area contributed by atoms with Gasteiger partial charge in [-0.05, 0) is 19.1 Å². The zero-order valence-electron chi connectivity index (χ0n) is 9.84. The Balaban J connectivity index is 2.18. The third-order valence-electron chi connectivity index (χ3n) is 2.34. The number of rotatable bonds is 4. The minimum absolute atomic E-state index is 0.596. The zero-order valence-corrected chi connectivity index (χ0v) is 9.84. The van der Waals surface area contributed by atoms with Crippen molar-refractivity contribution in [1.29, 1.82) is 0 Å². The molecule has 0 saturated heterocycles. The summed E-state index contributed by atoms with van der Waals surface area (Å²) >= 11 is 0. The number of nitrogens with two attached hydrogens (primary N) is 1. The van der Waals surface area contributed by atoms with Gasteiger partial charge in [0.05, 0.1) is 12.8 Å². The smallest absolute Gasteiger partial charge is 0.145 e. The summed E-state index contributed by atoms with van der Waals surface area (Å²) in [5, 5.41) is 0. The van der Waals surface area contributed by atoms with Crippen LogP contribution in [0.5, 0.6) is 0 Å². The summed E-state index contributed by atoms with van der Waals surface area (Å²) in [6, 6.07) is 5.57. The number of hydrogen-bond donors (Lipinski definition) is 2. The second-order valence-corrected chi connectivity index (χ2v) is 3.74. The van der Waals surface area contributed by atoms with E-state index in [1.807, 2.05) is 31.0 Å². The van der Waals surface area contributed by atoms with Crippen LogP contribution in [0.15, 0.2) is 28.9 Å². The predicted octanol–water partition coefficient (Wildman–Crippen LogP) is 1.30. The van der Waals surface area contributed by atoms with Gasteiger partial charge in [-0.1, -0.05) is 0 Å². The lowest BCUT2D eigenvalue weighted by Crippen LogP contribution is -2.19. The Hall–Kier alpha value is -2.08. The van der Waals surface area contributed by atoms with E-state index >= 15 is 0 Å². The number of aromatic nitrogens is 2. The van der Waals surface area contributed by atoms with Crippen LogP contribution < -0.4 is 16.2 Å². The van der Waals surface area contributed by atoms with Crippen LogP contribution in [0.1, 0.15) is 11.6 Å². The molecule has 0 spiro atoms. The van der Waals surface area contributed by atoms with Gasteiger partial charge in [-0.15, -0.1) is 0 Å². The van der Waals surface area contributed by atoms with Crippen molar-refractivity contribution in [2.75, 3.05) is 17.4 Å². The molecule has 0 amide bonds. The molecule has 2 aromatic heterocycles. The highest BCUT2D eigenvalue weighted by Crippen LogP contribution is 2.16. The Bertz CT molecular complexity index is 483. The van der Waals surface area contributed by atoms with E-state index < -0.39 is 0 Å². The van der Waals surface area contributed by atoms with Gasteiger partial charge in [0.1, 0.15) is 23.2 Å². The molecular formula is C11H15N5O. The maximum absolute atomic E-state index is 5.35. The molecule has 0 bridgehead atoms. The number of hydrazine groups is 1. The fourth-order valence-electron chi connectivity index (χ4n) is 1.54. The summed E-state index contributed by atoms with van der Waals surface area (Å²) in [7, 11) is 1.94. The largest absolute Gasteiger partial charge is 0.467 e. The first-order chi connectivity index (χ1) is 8.19. The van der Waals surface area contributed by atoms with Crippen LogP contribution >= 0.6 is 0 Å². The van der Waals surface area contributed by atoms with Crippen molar-refractivity contribution in [1.82, 2.24) is 9.97 Å². The first-order valence-corrected chi connectivity index (χ1v) is 5.25. The van der Waals surface area contributed by atoms with Crippen LogP contribution in [-0.2, 0) is 6.54 Å². The highest BCUT2D eigenvalue weighted by atomic mass is 16.3. The highest BCUT2D eigenvalue weighted by Gasteiger charge is 2.08. The first kappa shape index (κ1) is 11.4. The SMILES string of the molecule is Cc1nc(NN)cc(N(C)Cc2ccco2)n1. The molecule has 3 N–H and O–H groups in total. The average molecular weight is 233 g/mol. The molecule has 0 aliphatic rings. The monoisotopic (exact) mass is 233 g/mol. The number of nitrogen functional groups attached to an aromatic ring is 1. The van der Waals surface area contributed by atoms with Crippen LogP contribution in [0.3, 0.4) is 0 Å². The van der Waals surface area contributed by atoms with E-state index in [4.69, 9.17) is 10.3 Å². The van der Waals surface area contributed by atoms with E-state index in [2.05, 4.69) is 15.4 Å². The molecule has 0 saturated carbocycles. The van der Waals surface area contributed by atoms with Crippen molar-refractivity contribution in [2.24, 2.45) is 5.84 Å². The fourth-order valence-corrected chi connectivity index (χ4v) is 1.54. The molecule has 0 fully saturated rings. The molecule has 0 radical (unpaired) electrons. The third kappa shape index (κ3) is 2.73. The van der Waals surface area contributed by atoms with E-state index in [-0.39, 0.29) is 0 Å². The number of aryl methyl sites for hydroxylation is 1. The summed E-state index contributed by atoms with van der Waals surface area (Å²) in [6.45, 7) is 2.47. The van der Waals surface area contributed by atoms with E-state index in [1.54, 1.807) is 12.3 Å². The molecule has 6 heteroatoms.